The van der Waals surface area contributed by atoms with E-state index in [0.717, 1.165) is 12.3 Å². The van der Waals surface area contributed by atoms with Crippen LogP contribution in [-0.2, 0) is 6.18 Å². The van der Waals surface area contributed by atoms with Crippen LogP contribution >= 0.6 is 11.6 Å². The van der Waals surface area contributed by atoms with Gasteiger partial charge in [0.25, 0.3) is 0 Å². The first-order valence-electron chi connectivity index (χ1n) is 8.79. The maximum atomic E-state index is 14.4. The number of aromatic carboxylic acids is 1. The van der Waals surface area contributed by atoms with Crippen LogP contribution < -0.4 is 5.73 Å². The van der Waals surface area contributed by atoms with E-state index < -0.39 is 51.8 Å². The Morgan fingerprint density at radius 3 is 2.50 bits per heavy atom. The molecular formula is C20H11ClF4N4O3. The number of rotatable bonds is 4. The van der Waals surface area contributed by atoms with Crippen LogP contribution in [0, 0.1) is 5.82 Å². The van der Waals surface area contributed by atoms with Crippen LogP contribution in [0.25, 0.3) is 28.3 Å². The third-order valence-electron chi connectivity index (χ3n) is 4.55. The van der Waals surface area contributed by atoms with Gasteiger partial charge in [0.15, 0.2) is 11.5 Å². The predicted octanol–water partition coefficient (Wildman–Crippen LogP) is 5.29. The second-order valence-corrected chi connectivity index (χ2v) is 6.92. The standard InChI is InChI=1S/C20H11ClF4N4O3/c21-10-4-3-5-11(22)14(10)16-15(19(30)31)17(32-28-16)9-8-27-29(18(9)20(23,24)25)13-7-2-1-6-12(13)26/h1-8H,26H2,(H,30,31). The van der Waals surface area contributed by atoms with E-state index >= 15 is 0 Å². The number of hydrogen-bond acceptors (Lipinski definition) is 5. The summed E-state index contributed by atoms with van der Waals surface area (Å²) >= 11 is 5.98. The van der Waals surface area contributed by atoms with Crippen LogP contribution in [0.4, 0.5) is 23.2 Å². The van der Waals surface area contributed by atoms with Crippen LogP contribution in [0.5, 0.6) is 0 Å². The highest BCUT2D eigenvalue weighted by molar-refractivity contribution is 6.33. The zero-order chi connectivity index (χ0) is 23.2. The molecule has 0 unspecified atom stereocenters. The van der Waals surface area contributed by atoms with Gasteiger partial charge in [0.1, 0.15) is 17.1 Å². The molecule has 0 bridgehead atoms. The minimum atomic E-state index is -4.99. The van der Waals surface area contributed by atoms with Gasteiger partial charge in [-0.25, -0.2) is 13.9 Å². The molecule has 0 aliphatic carbocycles. The summed E-state index contributed by atoms with van der Waals surface area (Å²) in [5.41, 5.74) is 1.86. The topological polar surface area (TPSA) is 107 Å². The van der Waals surface area contributed by atoms with E-state index in [4.69, 9.17) is 21.9 Å². The lowest BCUT2D eigenvalue weighted by molar-refractivity contribution is -0.142. The first-order chi connectivity index (χ1) is 15.1. The molecular weight excluding hydrogens is 456 g/mol. The third kappa shape index (κ3) is 3.46. The van der Waals surface area contributed by atoms with Gasteiger partial charge >= 0.3 is 12.1 Å². The van der Waals surface area contributed by atoms with Gasteiger partial charge in [0.2, 0.25) is 0 Å². The highest BCUT2D eigenvalue weighted by Gasteiger charge is 2.42. The number of carboxylic acid groups (broad SMARTS) is 1. The van der Waals surface area contributed by atoms with E-state index in [2.05, 4.69) is 10.3 Å². The molecule has 32 heavy (non-hydrogen) atoms. The average molecular weight is 467 g/mol. The van der Waals surface area contributed by atoms with E-state index in [1.54, 1.807) is 0 Å². The number of hydrogen-bond donors (Lipinski definition) is 2. The number of carbonyl (C=O) groups is 1. The fourth-order valence-corrected chi connectivity index (χ4v) is 3.47. The quantitative estimate of drug-likeness (QED) is 0.313. The largest absolute Gasteiger partial charge is 0.477 e. The van der Waals surface area contributed by atoms with Crippen molar-refractivity contribution < 1.29 is 32.0 Å². The lowest BCUT2D eigenvalue weighted by Gasteiger charge is -2.13. The van der Waals surface area contributed by atoms with E-state index in [9.17, 15) is 27.5 Å². The molecule has 0 atom stereocenters. The average Bonchev–Trinajstić information content (AvgIpc) is 3.32. The summed E-state index contributed by atoms with van der Waals surface area (Å²) in [7, 11) is 0. The number of aromatic nitrogens is 3. The van der Waals surface area contributed by atoms with Gasteiger partial charge < -0.3 is 15.4 Å². The second-order valence-electron chi connectivity index (χ2n) is 6.51. The Balaban J connectivity index is 2.01. The first-order valence-corrected chi connectivity index (χ1v) is 9.17. The van der Waals surface area contributed by atoms with Gasteiger partial charge in [-0.1, -0.05) is 35.0 Å². The van der Waals surface area contributed by atoms with Crippen molar-refractivity contribution in [2.45, 2.75) is 6.18 Å². The Hall–Kier alpha value is -3.86. The second kappa shape index (κ2) is 7.68. The van der Waals surface area contributed by atoms with Gasteiger partial charge in [-0.05, 0) is 24.3 Å². The minimum absolute atomic E-state index is 0.00232. The third-order valence-corrected chi connectivity index (χ3v) is 4.87. The molecule has 12 heteroatoms. The number of nitrogens with two attached hydrogens (primary N) is 1. The molecule has 7 nitrogen and oxygen atoms in total. The molecule has 4 rings (SSSR count). The van der Waals surface area contributed by atoms with Gasteiger partial charge in [-0.3, -0.25) is 0 Å². The molecule has 0 saturated carbocycles. The summed E-state index contributed by atoms with van der Waals surface area (Å²) in [6.07, 6.45) is -4.22. The lowest BCUT2D eigenvalue weighted by atomic mass is 10.0. The van der Waals surface area contributed by atoms with E-state index in [1.165, 1.54) is 36.4 Å². The molecule has 0 saturated heterocycles. The molecule has 3 N–H and O–H groups in total. The Morgan fingerprint density at radius 2 is 1.88 bits per heavy atom. The van der Waals surface area contributed by atoms with Crippen molar-refractivity contribution in [3.63, 3.8) is 0 Å². The number of nitrogen functional groups attached to an aromatic ring is 1. The van der Waals surface area contributed by atoms with Crippen LogP contribution in [0.3, 0.4) is 0 Å². The minimum Gasteiger partial charge on any atom is -0.477 e. The van der Waals surface area contributed by atoms with Crippen LogP contribution in [0.2, 0.25) is 5.02 Å². The highest BCUT2D eigenvalue weighted by Crippen LogP contribution is 2.43. The molecule has 0 aliphatic heterocycles. The number of para-hydroxylation sites is 2. The molecule has 164 valence electrons. The zero-order valence-electron chi connectivity index (χ0n) is 15.7. The van der Waals surface area contributed by atoms with E-state index in [-0.39, 0.29) is 16.4 Å². The van der Waals surface area contributed by atoms with Crippen molar-refractivity contribution in [3.8, 4) is 28.3 Å². The van der Waals surface area contributed by atoms with E-state index in [0.29, 0.717) is 4.68 Å². The number of carboxylic acids is 1. The Morgan fingerprint density at radius 1 is 1.16 bits per heavy atom. The highest BCUT2D eigenvalue weighted by atomic mass is 35.5. The maximum absolute atomic E-state index is 14.4. The number of anilines is 1. The number of benzene rings is 2. The molecule has 2 aromatic heterocycles. The molecule has 0 fully saturated rings. The summed E-state index contributed by atoms with van der Waals surface area (Å²) in [6.45, 7) is 0. The number of alkyl halides is 3. The van der Waals surface area contributed by atoms with Crippen molar-refractivity contribution >= 4 is 23.3 Å². The summed E-state index contributed by atoms with van der Waals surface area (Å²) < 4.78 is 62.0. The number of nitrogens with zero attached hydrogens (tertiary/aromatic N) is 3. The summed E-state index contributed by atoms with van der Waals surface area (Å²) in [6, 6.07) is 9.23. The summed E-state index contributed by atoms with van der Waals surface area (Å²) in [4.78, 5) is 12.0. The van der Waals surface area contributed by atoms with Crippen LogP contribution in [0.15, 0.2) is 53.2 Å². The van der Waals surface area contributed by atoms with E-state index in [1.807, 2.05) is 0 Å². The fourth-order valence-electron chi connectivity index (χ4n) is 3.22. The Kier molecular flexibility index (Phi) is 5.13. The molecule has 2 heterocycles. The van der Waals surface area contributed by atoms with Crippen molar-refractivity contribution in [1.29, 1.82) is 0 Å². The monoisotopic (exact) mass is 466 g/mol. The predicted molar refractivity (Wildman–Crippen MR) is 106 cm³/mol. The Labute approximate surface area is 181 Å². The first kappa shape index (κ1) is 21.4. The van der Waals surface area contributed by atoms with Gasteiger partial charge in [0.05, 0.1) is 33.7 Å². The lowest BCUT2D eigenvalue weighted by Crippen LogP contribution is -2.15. The normalized spacial score (nSPS) is 11.7. The zero-order valence-corrected chi connectivity index (χ0v) is 16.4. The van der Waals surface area contributed by atoms with Crippen molar-refractivity contribution in [2.24, 2.45) is 0 Å². The maximum Gasteiger partial charge on any atom is 0.434 e. The molecule has 0 spiro atoms. The van der Waals surface area contributed by atoms with Crippen molar-refractivity contribution in [1.82, 2.24) is 14.9 Å². The summed E-state index contributed by atoms with van der Waals surface area (Å²) in [5.74, 6) is -3.39. The molecule has 0 amide bonds. The Bertz CT molecular complexity index is 1330. The van der Waals surface area contributed by atoms with Gasteiger partial charge in [-0.2, -0.15) is 18.3 Å². The summed E-state index contributed by atoms with van der Waals surface area (Å²) in [5, 5.41) is 16.8. The number of halogens is 5. The van der Waals surface area contributed by atoms with Gasteiger partial charge in [-0.15, -0.1) is 0 Å². The molecule has 2 aromatic carbocycles. The van der Waals surface area contributed by atoms with Crippen molar-refractivity contribution in [3.05, 3.63) is 70.8 Å². The van der Waals surface area contributed by atoms with Crippen LogP contribution in [-0.4, -0.2) is 26.0 Å². The van der Waals surface area contributed by atoms with Crippen molar-refractivity contribution in [2.75, 3.05) is 5.73 Å². The molecule has 4 aromatic rings. The molecule has 0 radical (unpaired) electrons. The molecule has 0 aliphatic rings. The SMILES string of the molecule is Nc1ccccc1-n1ncc(-c2onc(-c3c(F)cccc3Cl)c2C(=O)O)c1C(F)(F)F. The smallest absolute Gasteiger partial charge is 0.434 e. The fraction of sp³-hybridized carbons (Fsp3) is 0.0500. The van der Waals surface area contributed by atoms with Crippen LogP contribution in [0.1, 0.15) is 16.1 Å². The van der Waals surface area contributed by atoms with Gasteiger partial charge in [0, 0.05) is 0 Å².